The summed E-state index contributed by atoms with van der Waals surface area (Å²) < 4.78 is 0. The molecule has 0 radical (unpaired) electrons. The van der Waals surface area contributed by atoms with Crippen LogP contribution in [0.3, 0.4) is 0 Å². The molecule has 126 valence electrons. The van der Waals surface area contributed by atoms with Crippen LogP contribution >= 0.6 is 0 Å². The zero-order valence-corrected chi connectivity index (χ0v) is 14.2. The molecule has 4 heteroatoms. The van der Waals surface area contributed by atoms with Crippen molar-refractivity contribution >= 4 is 17.3 Å². The fourth-order valence-corrected chi connectivity index (χ4v) is 6.74. The van der Waals surface area contributed by atoms with Crippen LogP contribution in [-0.4, -0.2) is 22.5 Å². The Morgan fingerprint density at radius 1 is 1.04 bits per heavy atom. The van der Waals surface area contributed by atoms with Crippen LogP contribution in [-0.2, 0) is 9.59 Å². The van der Waals surface area contributed by atoms with Crippen LogP contribution in [0.4, 0.5) is 0 Å². The van der Waals surface area contributed by atoms with Gasteiger partial charge in [0.1, 0.15) is 11.5 Å². The molecule has 0 spiro atoms. The summed E-state index contributed by atoms with van der Waals surface area (Å²) in [6.45, 7) is 4.49. The third-order valence-electron chi connectivity index (χ3n) is 8.19. The summed E-state index contributed by atoms with van der Waals surface area (Å²) in [6, 6.07) is 0. The van der Waals surface area contributed by atoms with Gasteiger partial charge in [0.2, 0.25) is 0 Å². The average Bonchev–Trinajstić information content (AvgIpc) is 2.79. The van der Waals surface area contributed by atoms with Crippen LogP contribution < -0.4 is 0 Å². The molecule has 1 N–H and O–H groups in total. The normalized spacial score (nSPS) is 51.3. The van der Waals surface area contributed by atoms with Gasteiger partial charge in [-0.3, -0.25) is 9.59 Å². The summed E-state index contributed by atoms with van der Waals surface area (Å²) in [5.41, 5.74) is 0.334. The molecule has 0 heterocycles. The molecule has 23 heavy (non-hydrogen) atoms. The molecule has 4 fully saturated rings. The Hall–Kier alpha value is -1.19. The third-order valence-corrected chi connectivity index (χ3v) is 8.19. The molecule has 0 aliphatic heterocycles. The van der Waals surface area contributed by atoms with Crippen LogP contribution in [0.5, 0.6) is 0 Å². The van der Waals surface area contributed by atoms with E-state index in [9.17, 15) is 14.8 Å². The van der Waals surface area contributed by atoms with Crippen molar-refractivity contribution in [1.29, 1.82) is 0 Å². The molecule has 0 bridgehead atoms. The first kappa shape index (κ1) is 15.3. The second kappa shape index (κ2) is 4.90. The van der Waals surface area contributed by atoms with Gasteiger partial charge in [0.25, 0.3) is 0 Å². The van der Waals surface area contributed by atoms with Crippen molar-refractivity contribution in [3.8, 4) is 0 Å². The highest BCUT2D eigenvalue weighted by atomic mass is 16.4. The van der Waals surface area contributed by atoms with Gasteiger partial charge in [0.05, 0.1) is 0 Å². The molecular formula is C19H27NO3. The zero-order valence-electron chi connectivity index (χ0n) is 14.2. The van der Waals surface area contributed by atoms with E-state index in [0.29, 0.717) is 41.6 Å². The van der Waals surface area contributed by atoms with Gasteiger partial charge < -0.3 is 5.21 Å². The molecule has 0 aromatic rings. The molecule has 6 unspecified atom stereocenters. The molecule has 4 aliphatic rings. The SMILES string of the molecule is CC12CCC3C(CCC4CC(=O)CCC43C)C1C/C(=N/O)C2=O. The van der Waals surface area contributed by atoms with E-state index in [1.54, 1.807) is 0 Å². The van der Waals surface area contributed by atoms with Crippen molar-refractivity contribution in [3.05, 3.63) is 0 Å². The minimum absolute atomic E-state index is 0.0783. The number of nitrogens with zero attached hydrogens (tertiary/aromatic N) is 1. The fourth-order valence-electron chi connectivity index (χ4n) is 6.74. The first-order valence-electron chi connectivity index (χ1n) is 9.17. The molecule has 0 aromatic carbocycles. The van der Waals surface area contributed by atoms with Crippen molar-refractivity contribution in [3.63, 3.8) is 0 Å². The molecular weight excluding hydrogens is 290 g/mol. The molecule has 6 atom stereocenters. The minimum atomic E-state index is -0.323. The molecule has 0 saturated heterocycles. The van der Waals surface area contributed by atoms with Gasteiger partial charge in [-0.15, -0.1) is 0 Å². The number of ketones is 2. The number of oxime groups is 1. The predicted molar refractivity (Wildman–Crippen MR) is 86.3 cm³/mol. The molecule has 0 amide bonds. The van der Waals surface area contributed by atoms with Crippen molar-refractivity contribution < 1.29 is 14.8 Å². The molecule has 0 aromatic heterocycles. The quantitative estimate of drug-likeness (QED) is 0.548. The second-order valence-electron chi connectivity index (χ2n) is 8.94. The van der Waals surface area contributed by atoms with Crippen LogP contribution in [0, 0.1) is 34.5 Å². The monoisotopic (exact) mass is 317 g/mol. The van der Waals surface area contributed by atoms with Gasteiger partial charge in [-0.1, -0.05) is 19.0 Å². The third kappa shape index (κ3) is 1.93. The summed E-state index contributed by atoms with van der Waals surface area (Å²) in [7, 11) is 0. The van der Waals surface area contributed by atoms with Gasteiger partial charge in [0, 0.05) is 24.7 Å². The van der Waals surface area contributed by atoms with Gasteiger partial charge in [0.15, 0.2) is 5.78 Å². The Kier molecular flexibility index (Phi) is 3.27. The van der Waals surface area contributed by atoms with E-state index in [2.05, 4.69) is 19.0 Å². The summed E-state index contributed by atoms with van der Waals surface area (Å²) >= 11 is 0. The molecule has 4 aliphatic carbocycles. The number of rotatable bonds is 0. The number of carbonyl (C=O) groups is 2. The highest BCUT2D eigenvalue weighted by Gasteiger charge is 2.61. The summed E-state index contributed by atoms with van der Waals surface area (Å²) in [4.78, 5) is 24.5. The number of hydrogen-bond donors (Lipinski definition) is 1. The standard InChI is InChI=1S/C19H27NO3/c1-18-7-5-12(21)9-11(18)3-4-13-14(18)6-8-19(2)15(13)10-16(20-23)17(19)22/h11,13-15,23H,3-10H2,1-2H3/b20-16-. The summed E-state index contributed by atoms with van der Waals surface area (Å²) in [5.74, 6) is 2.56. The van der Waals surface area contributed by atoms with E-state index >= 15 is 0 Å². The maximum Gasteiger partial charge on any atom is 0.186 e. The first-order valence-corrected chi connectivity index (χ1v) is 9.17. The highest BCUT2D eigenvalue weighted by molar-refractivity contribution is 6.43. The lowest BCUT2D eigenvalue weighted by atomic mass is 9.45. The van der Waals surface area contributed by atoms with Crippen LogP contribution in [0.25, 0.3) is 0 Å². The van der Waals surface area contributed by atoms with E-state index in [0.717, 1.165) is 44.9 Å². The van der Waals surface area contributed by atoms with E-state index in [1.165, 1.54) is 0 Å². The average molecular weight is 317 g/mol. The Balaban J connectivity index is 1.67. The predicted octanol–water partition coefficient (Wildman–Crippen LogP) is 3.61. The summed E-state index contributed by atoms with van der Waals surface area (Å²) in [6.07, 6.45) is 7.42. The van der Waals surface area contributed by atoms with Gasteiger partial charge in [-0.2, -0.15) is 0 Å². The van der Waals surface area contributed by atoms with Crippen molar-refractivity contribution in [1.82, 2.24) is 0 Å². The lowest BCUT2D eigenvalue weighted by molar-refractivity contribution is -0.143. The van der Waals surface area contributed by atoms with Gasteiger partial charge >= 0.3 is 0 Å². The van der Waals surface area contributed by atoms with Crippen molar-refractivity contribution in [2.24, 2.45) is 39.7 Å². The number of carbonyl (C=O) groups excluding carboxylic acids is 2. The maximum atomic E-state index is 12.6. The number of hydrogen-bond acceptors (Lipinski definition) is 4. The van der Waals surface area contributed by atoms with E-state index in [4.69, 9.17) is 0 Å². The zero-order chi connectivity index (χ0) is 16.4. The molecule has 4 saturated carbocycles. The van der Waals surface area contributed by atoms with Crippen molar-refractivity contribution in [2.45, 2.75) is 65.2 Å². The molecule has 4 rings (SSSR count). The Morgan fingerprint density at radius 3 is 2.57 bits per heavy atom. The lowest BCUT2D eigenvalue weighted by Crippen LogP contribution is -2.53. The van der Waals surface area contributed by atoms with Crippen LogP contribution in [0.2, 0.25) is 0 Å². The van der Waals surface area contributed by atoms with Gasteiger partial charge in [-0.25, -0.2) is 0 Å². The van der Waals surface area contributed by atoms with E-state index in [1.807, 2.05) is 0 Å². The largest absolute Gasteiger partial charge is 0.411 e. The topological polar surface area (TPSA) is 66.7 Å². The van der Waals surface area contributed by atoms with Crippen LogP contribution in [0.1, 0.15) is 65.2 Å². The van der Waals surface area contributed by atoms with Gasteiger partial charge in [-0.05, 0) is 61.2 Å². The maximum absolute atomic E-state index is 12.6. The fraction of sp³-hybridized carbons (Fsp3) is 0.842. The highest BCUT2D eigenvalue weighted by Crippen LogP contribution is 2.64. The van der Waals surface area contributed by atoms with Crippen LogP contribution in [0.15, 0.2) is 5.16 Å². The van der Waals surface area contributed by atoms with E-state index < -0.39 is 0 Å². The lowest BCUT2D eigenvalue weighted by Gasteiger charge is -2.59. The summed E-state index contributed by atoms with van der Waals surface area (Å²) in [5, 5.41) is 12.5. The smallest absolute Gasteiger partial charge is 0.186 e. The Labute approximate surface area is 137 Å². The first-order chi connectivity index (χ1) is 10.9. The minimum Gasteiger partial charge on any atom is -0.411 e. The second-order valence-corrected chi connectivity index (χ2v) is 8.94. The van der Waals surface area contributed by atoms with E-state index in [-0.39, 0.29) is 16.6 Å². The Bertz CT molecular complexity index is 597. The molecule has 4 nitrogen and oxygen atoms in total. The Morgan fingerprint density at radius 2 is 1.83 bits per heavy atom. The number of Topliss-reactive ketones (excluding diaryl/α,β-unsaturated/α-hetero) is 2. The number of fused-ring (bicyclic) bond motifs is 5. The van der Waals surface area contributed by atoms with Crippen molar-refractivity contribution in [2.75, 3.05) is 0 Å².